The first-order valence-corrected chi connectivity index (χ1v) is 13.5. The number of anilines is 3. The number of nitrogens with one attached hydrogen (secondary N) is 2. The van der Waals surface area contributed by atoms with E-state index in [9.17, 15) is 9.59 Å². The summed E-state index contributed by atoms with van der Waals surface area (Å²) in [7, 11) is 0. The van der Waals surface area contributed by atoms with Crippen molar-refractivity contribution < 1.29 is 14.1 Å². The highest BCUT2D eigenvalue weighted by atomic mass is 16.5. The molecule has 0 radical (unpaired) electrons. The highest BCUT2D eigenvalue weighted by Crippen LogP contribution is 2.34. The first-order chi connectivity index (χ1) is 20.0. The smallest absolute Gasteiger partial charge is 0.324 e. The molecule has 0 saturated carbocycles. The second-order valence-corrected chi connectivity index (χ2v) is 11.3. The second-order valence-electron chi connectivity index (χ2n) is 11.3. The number of piperidine rings is 1. The predicted octanol–water partition coefficient (Wildman–Crippen LogP) is 5.03. The average molecular weight is 569 g/mol. The molecule has 1 aromatic carbocycles. The lowest BCUT2D eigenvalue weighted by atomic mass is 9.95. The van der Waals surface area contributed by atoms with Crippen LogP contribution in [0.25, 0.3) is 27.1 Å². The standard InChI is InChI=1S/C29H32N10O3/c1-17-13-22(37-42-17)35-28(41)34-19-10-8-18(9-11-19)24-23-25(30)32-16-33-26(23)39(36-24)20-7-6-12-38(15-20)27(40)21(31-5)14-29(2,3)4/h8-11,13-14,16,20H,6-7,12,15H2,1-4H3,(H2,30,32,33)(H2,34,35,37,41)/b21-14-/t20-/m1/s1. The first-order valence-electron chi connectivity index (χ1n) is 13.5. The molecule has 0 unspecified atom stereocenters. The average Bonchev–Trinajstić information content (AvgIpc) is 3.55. The molecule has 216 valence electrons. The van der Waals surface area contributed by atoms with Gasteiger partial charge in [-0.3, -0.25) is 10.1 Å². The van der Waals surface area contributed by atoms with Crippen LogP contribution in [0.3, 0.4) is 0 Å². The number of allylic oxidation sites excluding steroid dienone is 1. The maximum atomic E-state index is 13.3. The summed E-state index contributed by atoms with van der Waals surface area (Å²) >= 11 is 0. The van der Waals surface area contributed by atoms with Crippen molar-refractivity contribution in [2.45, 2.75) is 46.6 Å². The van der Waals surface area contributed by atoms with Gasteiger partial charge in [-0.05, 0) is 37.3 Å². The minimum atomic E-state index is -0.460. The van der Waals surface area contributed by atoms with Crippen molar-refractivity contribution in [3.8, 4) is 11.3 Å². The van der Waals surface area contributed by atoms with Crippen LogP contribution >= 0.6 is 0 Å². The third-order valence-corrected chi connectivity index (χ3v) is 6.74. The van der Waals surface area contributed by atoms with E-state index >= 15 is 0 Å². The molecular formula is C29H32N10O3. The van der Waals surface area contributed by atoms with E-state index < -0.39 is 6.03 Å². The van der Waals surface area contributed by atoms with Gasteiger partial charge < -0.3 is 20.5 Å². The molecular weight excluding hydrogens is 536 g/mol. The molecule has 3 aromatic heterocycles. The van der Waals surface area contributed by atoms with Gasteiger partial charge in [-0.1, -0.05) is 44.1 Å². The molecule has 1 fully saturated rings. The number of benzene rings is 1. The van der Waals surface area contributed by atoms with Crippen molar-refractivity contribution in [2.75, 3.05) is 29.5 Å². The lowest BCUT2D eigenvalue weighted by molar-refractivity contribution is -0.128. The van der Waals surface area contributed by atoms with Crippen molar-refractivity contribution >= 4 is 40.3 Å². The molecule has 13 nitrogen and oxygen atoms in total. The van der Waals surface area contributed by atoms with Crippen molar-refractivity contribution in [1.82, 2.24) is 29.8 Å². The van der Waals surface area contributed by atoms with Crippen LogP contribution in [-0.2, 0) is 4.79 Å². The maximum absolute atomic E-state index is 13.3. The van der Waals surface area contributed by atoms with Crippen LogP contribution in [0.15, 0.2) is 53.0 Å². The Morgan fingerprint density at radius 3 is 2.62 bits per heavy atom. The quantitative estimate of drug-likeness (QED) is 0.223. The molecule has 3 amide bonds. The Kier molecular flexibility index (Phi) is 7.62. The number of carbonyl (C=O) groups excluding carboxylic acids is 2. The van der Waals surface area contributed by atoms with Crippen LogP contribution in [0, 0.1) is 18.9 Å². The number of nitrogens with zero attached hydrogens (tertiary/aromatic N) is 7. The zero-order valence-electron chi connectivity index (χ0n) is 23.9. The third kappa shape index (κ3) is 6.07. The largest absolute Gasteiger partial charge is 0.383 e. The number of nitrogens with two attached hydrogens (primary N) is 1. The Labute approximate surface area is 242 Å². The van der Waals surface area contributed by atoms with E-state index in [1.165, 1.54) is 6.33 Å². The highest BCUT2D eigenvalue weighted by Gasteiger charge is 2.30. The molecule has 0 aliphatic carbocycles. The second kappa shape index (κ2) is 11.3. The topological polar surface area (TPSA) is 161 Å². The fraction of sp³-hybridized carbons (Fsp3) is 0.345. The Bertz CT molecular complexity index is 1710. The van der Waals surface area contributed by atoms with Gasteiger partial charge in [0.1, 0.15) is 23.6 Å². The lowest BCUT2D eigenvalue weighted by Crippen LogP contribution is -2.41. The molecule has 4 heterocycles. The number of amides is 3. The van der Waals surface area contributed by atoms with Crippen molar-refractivity contribution in [3.63, 3.8) is 0 Å². The van der Waals surface area contributed by atoms with Gasteiger partial charge in [0, 0.05) is 30.4 Å². The molecule has 0 spiro atoms. The number of aryl methyl sites for hydroxylation is 1. The molecule has 0 bridgehead atoms. The van der Waals surface area contributed by atoms with Crippen LogP contribution in [0.1, 0.15) is 45.4 Å². The molecule has 1 aliphatic heterocycles. The molecule has 1 atom stereocenters. The summed E-state index contributed by atoms with van der Waals surface area (Å²) < 4.78 is 6.78. The van der Waals surface area contributed by atoms with Crippen molar-refractivity contribution in [3.05, 3.63) is 65.6 Å². The number of nitrogen functional groups attached to an aromatic ring is 1. The Morgan fingerprint density at radius 2 is 1.95 bits per heavy atom. The van der Waals surface area contributed by atoms with Crippen molar-refractivity contribution in [1.29, 1.82) is 0 Å². The monoisotopic (exact) mass is 568 g/mol. The number of carbonyl (C=O) groups is 2. The van der Waals surface area contributed by atoms with E-state index in [-0.39, 0.29) is 28.9 Å². The molecule has 5 rings (SSSR count). The van der Waals surface area contributed by atoms with E-state index in [1.807, 2.05) is 37.6 Å². The number of hydrogen-bond donors (Lipinski definition) is 3. The van der Waals surface area contributed by atoms with E-state index in [0.717, 1.165) is 18.4 Å². The summed E-state index contributed by atoms with van der Waals surface area (Å²) in [5, 5.41) is 14.6. The van der Waals surface area contributed by atoms with Gasteiger partial charge in [0.2, 0.25) is 5.70 Å². The molecule has 1 saturated heterocycles. The van der Waals surface area contributed by atoms with Crippen LogP contribution in [0.5, 0.6) is 0 Å². The van der Waals surface area contributed by atoms with Gasteiger partial charge in [-0.25, -0.2) is 24.3 Å². The van der Waals surface area contributed by atoms with Gasteiger partial charge in [0.05, 0.1) is 18.0 Å². The fourth-order valence-electron chi connectivity index (χ4n) is 4.92. The van der Waals surface area contributed by atoms with E-state index in [4.69, 9.17) is 21.9 Å². The zero-order chi connectivity index (χ0) is 30.0. The SMILES string of the molecule is [C-]#[N+]/C(=C\C(C)(C)C)C(=O)N1CCC[C@@H](n2nc(-c3ccc(NC(=O)Nc4cc(C)on4)cc3)c3c(N)ncnc32)C1. The van der Waals surface area contributed by atoms with Crippen molar-refractivity contribution in [2.24, 2.45) is 5.41 Å². The molecule has 42 heavy (non-hydrogen) atoms. The third-order valence-electron chi connectivity index (χ3n) is 6.74. The summed E-state index contributed by atoms with van der Waals surface area (Å²) in [6.07, 6.45) is 4.66. The molecule has 1 aliphatic rings. The zero-order valence-corrected chi connectivity index (χ0v) is 23.9. The molecule has 4 N–H and O–H groups in total. The van der Waals surface area contributed by atoms with E-state index in [0.29, 0.717) is 47.1 Å². The number of aromatic nitrogens is 5. The minimum Gasteiger partial charge on any atom is -0.383 e. The number of rotatable bonds is 5. The van der Waals surface area contributed by atoms with Crippen LogP contribution in [0.2, 0.25) is 0 Å². The number of likely N-dealkylation sites (tertiary alicyclic amines) is 1. The Balaban J connectivity index is 1.40. The van der Waals surface area contributed by atoms with Crippen LogP contribution in [0.4, 0.5) is 22.1 Å². The first kappa shape index (κ1) is 28.3. The summed E-state index contributed by atoms with van der Waals surface area (Å²) in [5.41, 5.74) is 8.62. The van der Waals surface area contributed by atoms with Crippen LogP contribution < -0.4 is 16.4 Å². The van der Waals surface area contributed by atoms with Gasteiger partial charge in [-0.15, -0.1) is 0 Å². The highest BCUT2D eigenvalue weighted by molar-refractivity contribution is 6.00. The van der Waals surface area contributed by atoms with Gasteiger partial charge in [0.25, 0.3) is 5.91 Å². The van der Waals surface area contributed by atoms with Gasteiger partial charge in [0.15, 0.2) is 11.5 Å². The number of hydrogen-bond acceptors (Lipinski definition) is 8. The summed E-state index contributed by atoms with van der Waals surface area (Å²) in [5.74, 6) is 0.911. The normalized spacial score (nSPS) is 15.8. The molecule has 4 aromatic rings. The number of fused-ring (bicyclic) bond motifs is 1. The maximum Gasteiger partial charge on any atom is 0.324 e. The van der Waals surface area contributed by atoms with Crippen LogP contribution in [-0.4, -0.2) is 54.8 Å². The predicted molar refractivity (Wildman–Crippen MR) is 158 cm³/mol. The summed E-state index contributed by atoms with van der Waals surface area (Å²) in [4.78, 5) is 39.5. The van der Waals surface area contributed by atoms with E-state index in [1.54, 1.807) is 36.1 Å². The molecule has 13 heteroatoms. The summed E-state index contributed by atoms with van der Waals surface area (Å²) in [6, 6.07) is 8.14. The summed E-state index contributed by atoms with van der Waals surface area (Å²) in [6.45, 7) is 16.1. The lowest BCUT2D eigenvalue weighted by Gasteiger charge is -2.33. The Hall–Kier alpha value is -5.25. The van der Waals surface area contributed by atoms with Gasteiger partial charge in [-0.2, -0.15) is 5.10 Å². The Morgan fingerprint density at radius 1 is 1.19 bits per heavy atom. The fourth-order valence-corrected chi connectivity index (χ4v) is 4.92. The number of urea groups is 1. The van der Waals surface area contributed by atoms with E-state index in [2.05, 4.69) is 30.6 Å². The van der Waals surface area contributed by atoms with Gasteiger partial charge >= 0.3 is 6.03 Å². The minimum absolute atomic E-state index is 0.124.